The molecule has 0 atom stereocenters. The van der Waals surface area contributed by atoms with Crippen LogP contribution < -0.4 is 5.32 Å². The highest BCUT2D eigenvalue weighted by atomic mass is 32.2. The van der Waals surface area contributed by atoms with Crippen LogP contribution in [0.2, 0.25) is 0 Å². The van der Waals surface area contributed by atoms with Gasteiger partial charge in [0.2, 0.25) is 5.91 Å². The highest BCUT2D eigenvalue weighted by molar-refractivity contribution is 8.00. The van der Waals surface area contributed by atoms with Crippen molar-refractivity contribution in [2.45, 2.75) is 24.1 Å². The van der Waals surface area contributed by atoms with Gasteiger partial charge >= 0.3 is 0 Å². The van der Waals surface area contributed by atoms with Gasteiger partial charge in [-0.15, -0.1) is 11.8 Å². The maximum Gasteiger partial charge on any atom is 0.257 e. The summed E-state index contributed by atoms with van der Waals surface area (Å²) in [6.07, 6.45) is 4.51. The van der Waals surface area contributed by atoms with Crippen LogP contribution in [0.4, 0.5) is 0 Å². The molecule has 0 radical (unpaired) electrons. The molecule has 1 aromatic heterocycles. The van der Waals surface area contributed by atoms with Crippen molar-refractivity contribution in [1.82, 2.24) is 10.2 Å². The summed E-state index contributed by atoms with van der Waals surface area (Å²) < 4.78 is 5.00. The molecule has 5 nitrogen and oxygen atoms in total. The third-order valence-corrected chi connectivity index (χ3v) is 6.81. The number of benzene rings is 2. The Labute approximate surface area is 186 Å². The molecule has 1 aliphatic rings. The Kier molecular flexibility index (Phi) is 7.10. The molecular formula is C25H26N2O3S. The number of carbonyl (C=O) groups is 2. The first-order valence-electron chi connectivity index (χ1n) is 10.5. The molecule has 31 heavy (non-hydrogen) atoms. The topological polar surface area (TPSA) is 62.6 Å². The number of hydrogen-bond donors (Lipinski definition) is 1. The van der Waals surface area contributed by atoms with E-state index in [1.165, 1.54) is 23.7 Å². The summed E-state index contributed by atoms with van der Waals surface area (Å²) in [6.45, 7) is 1.28. The van der Waals surface area contributed by atoms with Gasteiger partial charge in [0.05, 0.1) is 22.8 Å². The molecule has 0 spiro atoms. The van der Waals surface area contributed by atoms with Crippen LogP contribution >= 0.6 is 11.8 Å². The lowest BCUT2D eigenvalue weighted by molar-refractivity contribution is -0.119. The first-order valence-corrected chi connectivity index (χ1v) is 11.6. The van der Waals surface area contributed by atoms with Crippen LogP contribution in [-0.2, 0) is 4.79 Å². The summed E-state index contributed by atoms with van der Waals surface area (Å²) in [6, 6.07) is 22.4. The fraction of sp³-hybridized carbons (Fsp3) is 0.280. The standard InChI is InChI=1S/C25H26N2O3S/c28-23(26-22-11-14-27(15-12-22)25(29)21-13-16-30-17-21)18-31-24(19-7-3-1-4-8-19)20-9-5-2-6-10-20/h1-10,13,16-17,22,24H,11-12,14-15,18H2,(H,26,28). The number of furan rings is 1. The van der Waals surface area contributed by atoms with E-state index in [0.29, 0.717) is 24.4 Å². The van der Waals surface area contributed by atoms with Crippen LogP contribution in [0.3, 0.4) is 0 Å². The van der Waals surface area contributed by atoms with E-state index in [2.05, 4.69) is 29.6 Å². The third kappa shape index (κ3) is 5.58. The highest BCUT2D eigenvalue weighted by Crippen LogP contribution is 2.35. The van der Waals surface area contributed by atoms with Gasteiger partial charge in [-0.05, 0) is 30.0 Å². The van der Waals surface area contributed by atoms with Gasteiger partial charge in [0.25, 0.3) is 5.91 Å². The summed E-state index contributed by atoms with van der Waals surface area (Å²) in [5.74, 6) is 0.423. The van der Waals surface area contributed by atoms with Crippen molar-refractivity contribution >= 4 is 23.6 Å². The number of nitrogens with one attached hydrogen (secondary N) is 1. The molecule has 2 aromatic carbocycles. The molecule has 1 saturated heterocycles. The number of hydrogen-bond acceptors (Lipinski definition) is 4. The Balaban J connectivity index is 1.29. The van der Waals surface area contributed by atoms with Crippen LogP contribution in [0.15, 0.2) is 83.7 Å². The Morgan fingerprint density at radius 1 is 0.968 bits per heavy atom. The van der Waals surface area contributed by atoms with Gasteiger partial charge in [0.1, 0.15) is 6.26 Å². The number of carbonyl (C=O) groups excluding carboxylic acids is 2. The molecule has 1 fully saturated rings. The minimum absolute atomic E-state index is 0.0114. The quantitative estimate of drug-likeness (QED) is 0.594. The van der Waals surface area contributed by atoms with Gasteiger partial charge in [-0.2, -0.15) is 0 Å². The molecule has 160 valence electrons. The molecule has 6 heteroatoms. The molecule has 3 aromatic rings. The predicted molar refractivity (Wildman–Crippen MR) is 123 cm³/mol. The van der Waals surface area contributed by atoms with Gasteiger partial charge in [-0.25, -0.2) is 0 Å². The molecule has 0 aliphatic carbocycles. The van der Waals surface area contributed by atoms with Gasteiger partial charge in [-0.3, -0.25) is 9.59 Å². The SMILES string of the molecule is O=C(CSC(c1ccccc1)c1ccccc1)NC1CCN(C(=O)c2ccoc2)CC1. The van der Waals surface area contributed by atoms with E-state index in [4.69, 9.17) is 4.42 Å². The molecule has 2 heterocycles. The number of rotatable bonds is 7. The second-order valence-electron chi connectivity index (χ2n) is 7.66. The molecule has 0 bridgehead atoms. The minimum Gasteiger partial charge on any atom is -0.472 e. The van der Waals surface area contributed by atoms with Gasteiger partial charge < -0.3 is 14.6 Å². The summed E-state index contributed by atoms with van der Waals surface area (Å²) in [5, 5.41) is 3.27. The van der Waals surface area contributed by atoms with Crippen LogP contribution in [0.5, 0.6) is 0 Å². The normalized spacial score (nSPS) is 14.5. The zero-order chi connectivity index (χ0) is 21.5. The minimum atomic E-state index is -0.0114. The van der Waals surface area contributed by atoms with E-state index in [-0.39, 0.29) is 23.1 Å². The fourth-order valence-electron chi connectivity index (χ4n) is 3.86. The lowest BCUT2D eigenvalue weighted by Crippen LogP contribution is -2.47. The summed E-state index contributed by atoms with van der Waals surface area (Å²) in [7, 11) is 0. The molecular weight excluding hydrogens is 408 g/mol. The lowest BCUT2D eigenvalue weighted by atomic mass is 10.0. The number of amides is 2. The van der Waals surface area contributed by atoms with Crippen molar-refractivity contribution in [3.8, 4) is 0 Å². The molecule has 0 saturated carbocycles. The van der Waals surface area contributed by atoms with Crippen molar-refractivity contribution in [2.75, 3.05) is 18.8 Å². The van der Waals surface area contributed by atoms with E-state index in [1.54, 1.807) is 17.8 Å². The largest absolute Gasteiger partial charge is 0.472 e. The smallest absolute Gasteiger partial charge is 0.257 e. The molecule has 0 unspecified atom stereocenters. The molecule has 4 rings (SSSR count). The number of nitrogens with zero attached hydrogens (tertiary/aromatic N) is 1. The first-order chi connectivity index (χ1) is 15.2. The average Bonchev–Trinajstić information content (AvgIpc) is 3.36. The monoisotopic (exact) mass is 434 g/mol. The maximum atomic E-state index is 12.7. The van der Waals surface area contributed by atoms with E-state index in [0.717, 1.165) is 12.8 Å². The maximum absolute atomic E-state index is 12.7. The van der Waals surface area contributed by atoms with E-state index >= 15 is 0 Å². The summed E-state index contributed by atoms with van der Waals surface area (Å²) >= 11 is 1.64. The summed E-state index contributed by atoms with van der Waals surface area (Å²) in [4.78, 5) is 26.9. The van der Waals surface area contributed by atoms with E-state index < -0.39 is 0 Å². The number of piperidine rings is 1. The van der Waals surface area contributed by atoms with Gasteiger partial charge in [-0.1, -0.05) is 60.7 Å². The van der Waals surface area contributed by atoms with Crippen molar-refractivity contribution in [3.63, 3.8) is 0 Å². The number of likely N-dealkylation sites (tertiary alicyclic amines) is 1. The molecule has 1 N–H and O–H groups in total. The zero-order valence-corrected chi connectivity index (χ0v) is 18.1. The van der Waals surface area contributed by atoms with Crippen LogP contribution in [-0.4, -0.2) is 41.6 Å². The Bertz CT molecular complexity index is 929. The average molecular weight is 435 g/mol. The van der Waals surface area contributed by atoms with Gasteiger partial charge in [0.15, 0.2) is 0 Å². The first kappa shape index (κ1) is 21.2. The second kappa shape index (κ2) is 10.4. The lowest BCUT2D eigenvalue weighted by Gasteiger charge is -2.32. The van der Waals surface area contributed by atoms with E-state index in [9.17, 15) is 9.59 Å². The molecule has 1 aliphatic heterocycles. The zero-order valence-electron chi connectivity index (χ0n) is 17.3. The van der Waals surface area contributed by atoms with Crippen molar-refractivity contribution < 1.29 is 14.0 Å². The fourth-order valence-corrected chi connectivity index (χ4v) is 4.97. The van der Waals surface area contributed by atoms with Crippen molar-refractivity contribution in [2.24, 2.45) is 0 Å². The van der Waals surface area contributed by atoms with Crippen LogP contribution in [0, 0.1) is 0 Å². The van der Waals surface area contributed by atoms with Gasteiger partial charge in [0, 0.05) is 19.1 Å². The van der Waals surface area contributed by atoms with E-state index in [1.807, 2.05) is 41.3 Å². The van der Waals surface area contributed by atoms with Crippen LogP contribution in [0.25, 0.3) is 0 Å². The van der Waals surface area contributed by atoms with Crippen molar-refractivity contribution in [3.05, 3.63) is 95.9 Å². The molecule has 2 amide bonds. The Hall–Kier alpha value is -2.99. The second-order valence-corrected chi connectivity index (χ2v) is 8.75. The Morgan fingerprint density at radius 2 is 1.58 bits per heavy atom. The summed E-state index contributed by atoms with van der Waals surface area (Å²) in [5.41, 5.74) is 2.96. The van der Waals surface area contributed by atoms with Crippen LogP contribution in [0.1, 0.15) is 39.6 Å². The Morgan fingerprint density at radius 3 is 2.13 bits per heavy atom. The van der Waals surface area contributed by atoms with Crippen molar-refractivity contribution in [1.29, 1.82) is 0 Å². The third-order valence-electron chi connectivity index (χ3n) is 5.50. The predicted octanol–water partition coefficient (Wildman–Crippen LogP) is 4.52. The highest BCUT2D eigenvalue weighted by Gasteiger charge is 2.25. The number of thioether (sulfide) groups is 1.